The summed E-state index contributed by atoms with van der Waals surface area (Å²) in [6.07, 6.45) is 2.70. The summed E-state index contributed by atoms with van der Waals surface area (Å²) in [7, 11) is 0. The van der Waals surface area contributed by atoms with E-state index >= 15 is 0 Å². The summed E-state index contributed by atoms with van der Waals surface area (Å²) in [4.78, 5) is 43.9. The molecule has 3 aromatic heterocycles. The second kappa shape index (κ2) is 8.27. The van der Waals surface area contributed by atoms with Crippen LogP contribution >= 0.6 is 22.7 Å². The van der Waals surface area contributed by atoms with Gasteiger partial charge in [0.1, 0.15) is 28.3 Å². The van der Waals surface area contributed by atoms with E-state index in [1.165, 1.54) is 21.3 Å². The molecule has 0 radical (unpaired) electrons. The number of fused-ring (bicyclic) bond motifs is 2. The molecule has 0 bridgehead atoms. The molecular weight excluding hydrogens is 460 g/mol. The molecule has 5 rings (SSSR count). The van der Waals surface area contributed by atoms with E-state index in [4.69, 9.17) is 0 Å². The number of carboxylic acid groups (broad SMARTS) is 1. The quantitative estimate of drug-likeness (QED) is 0.450. The predicted octanol–water partition coefficient (Wildman–Crippen LogP) is 3.88. The van der Waals surface area contributed by atoms with Crippen LogP contribution in [-0.2, 0) is 24.2 Å². The lowest BCUT2D eigenvalue weighted by molar-refractivity contribution is -0.116. The highest BCUT2D eigenvalue weighted by molar-refractivity contribution is 7.17. The zero-order valence-corrected chi connectivity index (χ0v) is 18.8. The van der Waals surface area contributed by atoms with Crippen LogP contribution in [0.2, 0.25) is 0 Å². The minimum Gasteiger partial charge on any atom is -0.478 e. The monoisotopic (exact) mass is 476 g/mol. The number of carbonyl (C=O) groups excluding carboxylic acids is 1. The third-order valence-electron chi connectivity index (χ3n) is 5.54. The van der Waals surface area contributed by atoms with Crippen LogP contribution in [0.15, 0.2) is 40.5 Å². The standard InChI is InChI=1S/C23H16N4O4S2/c24-9-14-13-7-4-8-16(13)33-20(14)25-17(28)10-27-19(12-5-2-1-3-6-12)26-21-18(22(27)29)15(11-32-21)23(30)31/h1-3,5-6,11H,4,7-8,10H2,(H,25,28)(H,30,31). The van der Waals surface area contributed by atoms with Gasteiger partial charge in [-0.05, 0) is 24.8 Å². The second-order valence-corrected chi connectivity index (χ2v) is 9.51. The number of anilines is 1. The number of carboxylic acids is 1. The van der Waals surface area contributed by atoms with Crippen LogP contribution in [0.1, 0.15) is 32.8 Å². The number of amides is 1. The predicted molar refractivity (Wildman–Crippen MR) is 126 cm³/mol. The topological polar surface area (TPSA) is 125 Å². The Balaban J connectivity index is 1.58. The molecule has 1 aromatic carbocycles. The normalized spacial score (nSPS) is 12.5. The van der Waals surface area contributed by atoms with Crippen LogP contribution in [0.25, 0.3) is 21.6 Å². The van der Waals surface area contributed by atoms with Crippen LogP contribution in [-0.4, -0.2) is 26.5 Å². The Morgan fingerprint density at radius 1 is 1.24 bits per heavy atom. The third kappa shape index (κ3) is 3.61. The molecule has 0 spiro atoms. The first kappa shape index (κ1) is 21.1. The van der Waals surface area contributed by atoms with Crippen molar-refractivity contribution in [2.24, 2.45) is 0 Å². The second-order valence-electron chi connectivity index (χ2n) is 7.55. The van der Waals surface area contributed by atoms with Gasteiger partial charge in [0.05, 0.1) is 16.5 Å². The van der Waals surface area contributed by atoms with Gasteiger partial charge in [0.15, 0.2) is 0 Å². The average molecular weight is 477 g/mol. The minimum absolute atomic E-state index is 0.0206. The number of benzene rings is 1. The van der Waals surface area contributed by atoms with Crippen molar-refractivity contribution in [3.05, 3.63) is 67.6 Å². The van der Waals surface area contributed by atoms with Crippen molar-refractivity contribution in [1.82, 2.24) is 9.55 Å². The van der Waals surface area contributed by atoms with Crippen LogP contribution in [0.4, 0.5) is 5.00 Å². The van der Waals surface area contributed by atoms with E-state index in [1.807, 2.05) is 6.07 Å². The maximum atomic E-state index is 13.4. The fourth-order valence-electron chi connectivity index (χ4n) is 4.06. The van der Waals surface area contributed by atoms with Gasteiger partial charge in [0.2, 0.25) is 5.91 Å². The fraction of sp³-hybridized carbons (Fsp3) is 0.174. The molecule has 2 N–H and O–H groups in total. The van der Waals surface area contributed by atoms with Gasteiger partial charge in [0, 0.05) is 15.8 Å². The Morgan fingerprint density at radius 2 is 2.03 bits per heavy atom. The van der Waals surface area contributed by atoms with Crippen molar-refractivity contribution in [3.8, 4) is 17.5 Å². The van der Waals surface area contributed by atoms with Gasteiger partial charge >= 0.3 is 5.97 Å². The summed E-state index contributed by atoms with van der Waals surface area (Å²) in [5.41, 5.74) is 1.37. The highest BCUT2D eigenvalue weighted by Crippen LogP contribution is 2.38. The van der Waals surface area contributed by atoms with Crippen LogP contribution < -0.4 is 10.9 Å². The molecule has 8 nitrogen and oxygen atoms in total. The molecule has 164 valence electrons. The van der Waals surface area contributed by atoms with Crippen LogP contribution in [0, 0.1) is 11.3 Å². The fourth-order valence-corrected chi connectivity index (χ4v) is 6.21. The number of rotatable bonds is 5. The minimum atomic E-state index is -1.23. The maximum Gasteiger partial charge on any atom is 0.337 e. The lowest BCUT2D eigenvalue weighted by Gasteiger charge is -2.13. The van der Waals surface area contributed by atoms with Gasteiger partial charge in [-0.25, -0.2) is 9.78 Å². The summed E-state index contributed by atoms with van der Waals surface area (Å²) in [6.45, 7) is -0.367. The van der Waals surface area contributed by atoms with Gasteiger partial charge in [-0.2, -0.15) is 5.26 Å². The van der Waals surface area contributed by atoms with E-state index in [9.17, 15) is 24.8 Å². The maximum absolute atomic E-state index is 13.4. The lowest BCUT2D eigenvalue weighted by Crippen LogP contribution is -2.30. The number of nitrogens with zero attached hydrogens (tertiary/aromatic N) is 3. The van der Waals surface area contributed by atoms with Crippen molar-refractivity contribution in [2.75, 3.05) is 5.32 Å². The number of aromatic nitrogens is 2. The molecule has 10 heteroatoms. The molecule has 0 atom stereocenters. The summed E-state index contributed by atoms with van der Waals surface area (Å²) in [5, 5.41) is 23.7. The molecular formula is C23H16N4O4S2. The van der Waals surface area contributed by atoms with E-state index in [0.29, 0.717) is 21.0 Å². The van der Waals surface area contributed by atoms with E-state index in [1.54, 1.807) is 24.3 Å². The number of nitriles is 1. The Morgan fingerprint density at radius 3 is 2.76 bits per heavy atom. The smallest absolute Gasteiger partial charge is 0.337 e. The van der Waals surface area contributed by atoms with Crippen LogP contribution in [0.5, 0.6) is 0 Å². The van der Waals surface area contributed by atoms with E-state index in [2.05, 4.69) is 16.4 Å². The first-order valence-electron chi connectivity index (χ1n) is 10.1. The number of carbonyl (C=O) groups is 2. The zero-order valence-electron chi connectivity index (χ0n) is 17.1. The number of nitrogens with one attached hydrogen (secondary N) is 1. The van der Waals surface area contributed by atoms with Gasteiger partial charge in [0.25, 0.3) is 5.56 Å². The molecule has 1 aliphatic rings. The summed E-state index contributed by atoms with van der Waals surface area (Å²) < 4.78 is 1.19. The number of hydrogen-bond acceptors (Lipinski definition) is 7. The van der Waals surface area contributed by atoms with Crippen molar-refractivity contribution in [3.63, 3.8) is 0 Å². The molecule has 4 aromatic rings. The van der Waals surface area contributed by atoms with Gasteiger partial charge in [-0.3, -0.25) is 14.2 Å². The summed E-state index contributed by atoms with van der Waals surface area (Å²) in [5.74, 6) is -1.44. The molecule has 33 heavy (non-hydrogen) atoms. The highest BCUT2D eigenvalue weighted by atomic mass is 32.1. The zero-order chi connectivity index (χ0) is 23.1. The summed E-state index contributed by atoms with van der Waals surface area (Å²) in [6, 6.07) is 11.1. The molecule has 0 saturated carbocycles. The van der Waals surface area contributed by atoms with Crippen molar-refractivity contribution < 1.29 is 14.7 Å². The SMILES string of the molecule is N#Cc1c(NC(=O)Cn2c(-c3ccccc3)nc3scc(C(=O)O)c3c2=O)sc2c1CCC2. The Labute approximate surface area is 195 Å². The molecule has 0 fully saturated rings. The lowest BCUT2D eigenvalue weighted by atomic mass is 10.1. The number of aromatic carboxylic acids is 1. The molecule has 0 saturated heterocycles. The Hall–Kier alpha value is -3.81. The van der Waals surface area contributed by atoms with E-state index in [-0.39, 0.29) is 23.3 Å². The van der Waals surface area contributed by atoms with Crippen LogP contribution in [0.3, 0.4) is 0 Å². The van der Waals surface area contributed by atoms with Gasteiger partial charge in [-0.1, -0.05) is 30.3 Å². The van der Waals surface area contributed by atoms with Crippen molar-refractivity contribution in [1.29, 1.82) is 5.26 Å². The highest BCUT2D eigenvalue weighted by Gasteiger charge is 2.25. The van der Waals surface area contributed by atoms with Gasteiger partial charge < -0.3 is 10.4 Å². The van der Waals surface area contributed by atoms with Crippen molar-refractivity contribution >= 4 is 49.8 Å². The number of aryl methyl sites for hydroxylation is 1. The summed E-state index contributed by atoms with van der Waals surface area (Å²) >= 11 is 2.47. The van der Waals surface area contributed by atoms with E-state index in [0.717, 1.165) is 41.0 Å². The first-order valence-corrected chi connectivity index (χ1v) is 11.8. The molecule has 1 aliphatic carbocycles. The molecule has 0 unspecified atom stereocenters. The Bertz CT molecular complexity index is 1530. The van der Waals surface area contributed by atoms with E-state index < -0.39 is 17.4 Å². The number of thiophene rings is 2. The number of hydrogen-bond donors (Lipinski definition) is 2. The largest absolute Gasteiger partial charge is 0.478 e. The van der Waals surface area contributed by atoms with Gasteiger partial charge in [-0.15, -0.1) is 22.7 Å². The molecule has 3 heterocycles. The molecule has 1 amide bonds. The third-order valence-corrected chi connectivity index (χ3v) is 7.62. The van der Waals surface area contributed by atoms with Crippen molar-refractivity contribution in [2.45, 2.75) is 25.8 Å². The Kier molecular flexibility index (Phi) is 5.28. The molecule has 0 aliphatic heterocycles. The first-order chi connectivity index (χ1) is 16.0. The average Bonchev–Trinajstić information content (AvgIpc) is 3.50.